The molecule has 0 bridgehead atoms. The first-order valence-electron chi connectivity index (χ1n) is 26.6. The molecule has 0 aliphatic heterocycles. The van der Waals surface area contributed by atoms with Crippen molar-refractivity contribution in [2.45, 2.75) is 219 Å². The van der Waals surface area contributed by atoms with Crippen molar-refractivity contribution in [1.82, 2.24) is 5.32 Å². The van der Waals surface area contributed by atoms with Crippen LogP contribution in [0.15, 0.2) is 97.2 Å². The zero-order valence-corrected chi connectivity index (χ0v) is 44.0. The van der Waals surface area contributed by atoms with Crippen LogP contribution in [0.4, 0.5) is 0 Å². The van der Waals surface area contributed by atoms with Gasteiger partial charge in [0.1, 0.15) is 13.2 Å². The molecule has 0 radical (unpaired) electrons. The summed E-state index contributed by atoms with van der Waals surface area (Å²) in [7, 11) is 1.18. The number of nitrogens with zero attached hydrogens (tertiary/aromatic N) is 1. The highest BCUT2D eigenvalue weighted by molar-refractivity contribution is 7.45. The van der Waals surface area contributed by atoms with Crippen LogP contribution in [-0.2, 0) is 18.4 Å². The van der Waals surface area contributed by atoms with Crippen molar-refractivity contribution in [3.63, 3.8) is 0 Å². The molecule has 0 aliphatic rings. The zero-order chi connectivity index (χ0) is 48.5. The first kappa shape index (κ1) is 63.4. The van der Waals surface area contributed by atoms with E-state index in [1.807, 2.05) is 39.4 Å². The predicted octanol–water partition coefficient (Wildman–Crippen LogP) is 15.2. The molecule has 380 valence electrons. The highest BCUT2D eigenvalue weighted by atomic mass is 31.2. The first-order chi connectivity index (χ1) is 32.0. The molecule has 9 heteroatoms. The maximum atomic E-state index is 12.9. The van der Waals surface area contributed by atoms with E-state index in [2.05, 4.69) is 92.1 Å². The van der Waals surface area contributed by atoms with Crippen LogP contribution in [0, 0.1) is 0 Å². The van der Waals surface area contributed by atoms with Crippen molar-refractivity contribution < 1.29 is 32.9 Å². The van der Waals surface area contributed by atoms with Gasteiger partial charge in [0.2, 0.25) is 5.91 Å². The molecule has 0 saturated heterocycles. The predicted molar refractivity (Wildman–Crippen MR) is 283 cm³/mol. The van der Waals surface area contributed by atoms with Gasteiger partial charge in [-0.05, 0) is 70.6 Å². The quantitative estimate of drug-likeness (QED) is 0.0272. The molecule has 1 amide bonds. The van der Waals surface area contributed by atoms with E-state index in [1.165, 1.54) is 122 Å². The second kappa shape index (κ2) is 47.5. The molecule has 66 heavy (non-hydrogen) atoms. The minimum Gasteiger partial charge on any atom is -0.756 e. The number of aliphatic hydroxyl groups excluding tert-OH is 1. The molecule has 0 fully saturated rings. The molecule has 2 N–H and O–H groups in total. The van der Waals surface area contributed by atoms with E-state index in [-0.39, 0.29) is 18.9 Å². The number of hydrogen-bond donors (Lipinski definition) is 2. The van der Waals surface area contributed by atoms with Gasteiger partial charge in [0.25, 0.3) is 7.82 Å². The third-order valence-corrected chi connectivity index (χ3v) is 12.3. The summed E-state index contributed by atoms with van der Waals surface area (Å²) in [6.45, 7) is 4.45. The number of amides is 1. The van der Waals surface area contributed by atoms with E-state index in [4.69, 9.17) is 9.05 Å². The molecule has 0 aliphatic carbocycles. The lowest BCUT2D eigenvalue weighted by molar-refractivity contribution is -0.870. The third kappa shape index (κ3) is 49.3. The van der Waals surface area contributed by atoms with Crippen LogP contribution in [0.1, 0.15) is 206 Å². The van der Waals surface area contributed by atoms with Crippen LogP contribution in [0.2, 0.25) is 0 Å². The number of aliphatic hydroxyl groups is 1. The Morgan fingerprint density at radius 2 is 0.939 bits per heavy atom. The average molecular weight is 941 g/mol. The van der Waals surface area contributed by atoms with Gasteiger partial charge >= 0.3 is 0 Å². The number of allylic oxidation sites excluding steroid dienone is 15. The summed E-state index contributed by atoms with van der Waals surface area (Å²) in [5, 5.41) is 13.8. The van der Waals surface area contributed by atoms with Gasteiger partial charge in [-0.2, -0.15) is 0 Å². The van der Waals surface area contributed by atoms with Gasteiger partial charge in [-0.15, -0.1) is 0 Å². The number of hydrogen-bond acceptors (Lipinski definition) is 6. The normalized spacial score (nSPS) is 14.8. The zero-order valence-electron chi connectivity index (χ0n) is 43.1. The Balaban J connectivity index is 4.43. The fourth-order valence-electron chi connectivity index (χ4n) is 7.13. The molecule has 0 aromatic heterocycles. The molecule has 0 saturated carbocycles. The van der Waals surface area contributed by atoms with Crippen molar-refractivity contribution in [2.24, 2.45) is 0 Å². The van der Waals surface area contributed by atoms with Crippen LogP contribution in [0.3, 0.4) is 0 Å². The Morgan fingerprint density at radius 1 is 0.545 bits per heavy atom. The van der Waals surface area contributed by atoms with Crippen LogP contribution < -0.4 is 10.2 Å². The number of carbonyl (C=O) groups is 1. The Hall–Kier alpha value is -2.58. The fourth-order valence-corrected chi connectivity index (χ4v) is 7.86. The summed E-state index contributed by atoms with van der Waals surface area (Å²) in [5.41, 5.74) is 0. The molecule has 3 unspecified atom stereocenters. The summed E-state index contributed by atoms with van der Waals surface area (Å²) in [4.78, 5) is 25.4. The lowest BCUT2D eigenvalue weighted by atomic mass is 10.0. The van der Waals surface area contributed by atoms with Crippen molar-refractivity contribution in [1.29, 1.82) is 0 Å². The summed E-state index contributed by atoms with van der Waals surface area (Å²) >= 11 is 0. The van der Waals surface area contributed by atoms with Crippen LogP contribution in [0.5, 0.6) is 0 Å². The maximum Gasteiger partial charge on any atom is 0.268 e. The highest BCUT2D eigenvalue weighted by Gasteiger charge is 2.23. The lowest BCUT2D eigenvalue weighted by Gasteiger charge is -2.29. The average Bonchev–Trinajstić information content (AvgIpc) is 3.28. The minimum absolute atomic E-state index is 0.0250. The Morgan fingerprint density at radius 3 is 1.39 bits per heavy atom. The van der Waals surface area contributed by atoms with Gasteiger partial charge in [0.05, 0.1) is 39.9 Å². The third-order valence-electron chi connectivity index (χ3n) is 11.3. The smallest absolute Gasteiger partial charge is 0.268 e. The first-order valence-corrected chi connectivity index (χ1v) is 28.1. The standard InChI is InChI=1S/C57H101N2O6P/c1-6-8-10-12-14-16-18-20-22-24-26-27-28-29-30-31-33-34-36-38-40-42-44-46-48-50-56(60)55(54-65-66(62,63)64-53-52-59(3,4)5)58-57(61)51-49-47-45-43-41-39-37-35-32-25-23-21-19-17-15-13-11-9-7-2/h9,11,15,17,21,23,32,35,39-42,45,47-48,50,55-56,60H,6-8,10,12-14,16,18-20,22,24-31,33-34,36-38,43-44,46,49,51-54H2,1-5H3,(H-,58,61,62,63)/b11-9-,17-15-,23-21-,35-32-,41-39-,42-40+,47-45-,50-48+. The molecule has 3 atom stereocenters. The topological polar surface area (TPSA) is 108 Å². The summed E-state index contributed by atoms with van der Waals surface area (Å²) in [6, 6.07) is -0.951. The fraction of sp³-hybridized carbons (Fsp3) is 0.702. The van der Waals surface area contributed by atoms with E-state index >= 15 is 0 Å². The number of carbonyl (C=O) groups excluding carboxylic acids is 1. The molecular formula is C57H101N2O6P. The van der Waals surface area contributed by atoms with E-state index in [1.54, 1.807) is 6.08 Å². The molecule has 0 aromatic rings. The van der Waals surface area contributed by atoms with Gasteiger partial charge in [-0.1, -0.05) is 227 Å². The molecular weight excluding hydrogens is 840 g/mol. The molecule has 0 rings (SSSR count). The van der Waals surface area contributed by atoms with Crippen molar-refractivity contribution in [3.05, 3.63) is 97.2 Å². The number of phosphoric ester groups is 1. The van der Waals surface area contributed by atoms with E-state index in [0.29, 0.717) is 17.4 Å². The lowest BCUT2D eigenvalue weighted by Crippen LogP contribution is -2.45. The summed E-state index contributed by atoms with van der Waals surface area (Å²) in [5.74, 6) is -0.292. The van der Waals surface area contributed by atoms with Gasteiger partial charge in [-0.25, -0.2) is 0 Å². The molecule has 0 spiro atoms. The van der Waals surface area contributed by atoms with Crippen LogP contribution in [-0.4, -0.2) is 68.5 Å². The molecule has 0 aromatic carbocycles. The van der Waals surface area contributed by atoms with Crippen molar-refractivity contribution in [3.8, 4) is 0 Å². The van der Waals surface area contributed by atoms with Crippen molar-refractivity contribution >= 4 is 13.7 Å². The van der Waals surface area contributed by atoms with E-state index in [0.717, 1.165) is 57.8 Å². The van der Waals surface area contributed by atoms with Crippen LogP contribution >= 0.6 is 7.82 Å². The van der Waals surface area contributed by atoms with Gasteiger partial charge < -0.3 is 28.8 Å². The highest BCUT2D eigenvalue weighted by Crippen LogP contribution is 2.38. The number of likely N-dealkylation sites (N-methyl/N-ethyl adjacent to an activating group) is 1. The number of rotatable bonds is 47. The second-order valence-corrected chi connectivity index (χ2v) is 20.2. The maximum absolute atomic E-state index is 12.9. The number of unbranched alkanes of at least 4 members (excludes halogenated alkanes) is 20. The SMILES string of the molecule is CC/C=C\C/C=C\C/C=C\C/C=C\C/C=C\C/C=C\CCC(=O)NC(COP(=O)([O-])OCC[N+](C)(C)C)C(O)/C=C/CC/C=C/CCCCCCCCCCCCCCCCCCCCC. The number of phosphoric acid groups is 1. The monoisotopic (exact) mass is 941 g/mol. The Bertz CT molecular complexity index is 1390. The summed E-state index contributed by atoms with van der Waals surface area (Å²) in [6.07, 6.45) is 67.9. The van der Waals surface area contributed by atoms with Gasteiger partial charge in [-0.3, -0.25) is 9.36 Å². The van der Waals surface area contributed by atoms with Crippen LogP contribution in [0.25, 0.3) is 0 Å². The molecule has 8 nitrogen and oxygen atoms in total. The Labute approximate surface area is 407 Å². The largest absolute Gasteiger partial charge is 0.756 e. The van der Waals surface area contributed by atoms with Crippen molar-refractivity contribution in [2.75, 3.05) is 40.9 Å². The minimum atomic E-state index is -4.63. The van der Waals surface area contributed by atoms with E-state index in [9.17, 15) is 19.4 Å². The number of quaternary nitrogens is 1. The van der Waals surface area contributed by atoms with Gasteiger partial charge in [0, 0.05) is 6.42 Å². The van der Waals surface area contributed by atoms with E-state index < -0.39 is 26.6 Å². The molecule has 0 heterocycles. The summed E-state index contributed by atoms with van der Waals surface area (Å²) < 4.78 is 23.2. The number of nitrogens with one attached hydrogen (secondary N) is 1. The Kier molecular flexibility index (Phi) is 45.6. The second-order valence-electron chi connectivity index (χ2n) is 18.8. The van der Waals surface area contributed by atoms with Gasteiger partial charge in [0.15, 0.2) is 0 Å².